The first kappa shape index (κ1) is 16.0. The summed E-state index contributed by atoms with van der Waals surface area (Å²) in [6.45, 7) is 4.10. The van der Waals surface area contributed by atoms with Gasteiger partial charge in [0.25, 0.3) is 0 Å². The van der Waals surface area contributed by atoms with E-state index in [2.05, 4.69) is 28.8 Å². The third-order valence-electron chi connectivity index (χ3n) is 3.14. The lowest BCUT2D eigenvalue weighted by Gasteiger charge is -2.10. The zero-order valence-corrected chi connectivity index (χ0v) is 13.7. The summed E-state index contributed by atoms with van der Waals surface area (Å²) in [5.74, 6) is 0.765. The van der Waals surface area contributed by atoms with Gasteiger partial charge in [-0.05, 0) is 49.8 Å². The van der Waals surface area contributed by atoms with Crippen molar-refractivity contribution in [3.05, 3.63) is 59.2 Å². The molecule has 2 aromatic carbocycles. The van der Waals surface area contributed by atoms with Crippen LogP contribution in [0.5, 0.6) is 5.75 Å². The highest BCUT2D eigenvalue weighted by Crippen LogP contribution is 2.16. The van der Waals surface area contributed by atoms with Gasteiger partial charge in [0.15, 0.2) is 5.11 Å². The number of nitrogens with one attached hydrogen (secondary N) is 2. The summed E-state index contributed by atoms with van der Waals surface area (Å²) in [6.07, 6.45) is 1.68. The van der Waals surface area contributed by atoms with Crippen molar-refractivity contribution in [2.45, 2.75) is 13.8 Å². The average Bonchev–Trinajstić information content (AvgIpc) is 2.50. The molecule has 0 saturated heterocycles. The minimum Gasteiger partial charge on any atom is -0.496 e. The molecule has 0 saturated carbocycles. The molecule has 0 fully saturated rings. The number of para-hydroxylation sites is 1. The smallest absolute Gasteiger partial charge is 0.191 e. The molecule has 0 heterocycles. The Kier molecular flexibility index (Phi) is 5.49. The summed E-state index contributed by atoms with van der Waals surface area (Å²) < 4.78 is 5.26. The minimum atomic E-state index is 0.443. The van der Waals surface area contributed by atoms with Crippen LogP contribution in [0.2, 0.25) is 0 Å². The van der Waals surface area contributed by atoms with Gasteiger partial charge in [0.2, 0.25) is 0 Å². The second-order valence-electron chi connectivity index (χ2n) is 4.88. The second-order valence-corrected chi connectivity index (χ2v) is 5.29. The van der Waals surface area contributed by atoms with Crippen LogP contribution in [-0.4, -0.2) is 18.4 Å². The Morgan fingerprint density at radius 3 is 2.68 bits per heavy atom. The van der Waals surface area contributed by atoms with Gasteiger partial charge in [-0.15, -0.1) is 0 Å². The molecule has 0 aliphatic heterocycles. The van der Waals surface area contributed by atoms with E-state index in [-0.39, 0.29) is 0 Å². The molecular formula is C17H19N3OS. The van der Waals surface area contributed by atoms with Crippen molar-refractivity contribution in [1.82, 2.24) is 5.43 Å². The fourth-order valence-electron chi connectivity index (χ4n) is 2.04. The average molecular weight is 313 g/mol. The van der Waals surface area contributed by atoms with Crippen LogP contribution in [0, 0.1) is 13.8 Å². The third kappa shape index (κ3) is 4.30. The van der Waals surface area contributed by atoms with Gasteiger partial charge < -0.3 is 10.1 Å². The Morgan fingerprint density at radius 1 is 1.18 bits per heavy atom. The molecular weight excluding hydrogens is 294 g/mol. The molecule has 0 aliphatic rings. The minimum absolute atomic E-state index is 0.443. The Bertz CT molecular complexity index is 698. The van der Waals surface area contributed by atoms with Gasteiger partial charge in [0.1, 0.15) is 5.75 Å². The molecule has 0 spiro atoms. The van der Waals surface area contributed by atoms with E-state index in [0.29, 0.717) is 5.11 Å². The Morgan fingerprint density at radius 2 is 1.95 bits per heavy atom. The first-order valence-corrected chi connectivity index (χ1v) is 7.31. The molecule has 5 heteroatoms. The van der Waals surface area contributed by atoms with E-state index in [1.165, 1.54) is 5.56 Å². The number of anilines is 1. The lowest BCUT2D eigenvalue weighted by molar-refractivity contribution is 0.414. The molecule has 0 aliphatic carbocycles. The number of hydrazone groups is 1. The number of aryl methyl sites for hydroxylation is 2. The largest absolute Gasteiger partial charge is 0.496 e. The van der Waals surface area contributed by atoms with E-state index in [9.17, 15) is 0 Å². The number of hydrogen-bond donors (Lipinski definition) is 2. The maximum atomic E-state index is 5.26. The Labute approximate surface area is 136 Å². The van der Waals surface area contributed by atoms with Gasteiger partial charge in [0.05, 0.1) is 13.3 Å². The van der Waals surface area contributed by atoms with Crippen LogP contribution in [0.15, 0.2) is 47.6 Å². The molecule has 2 rings (SSSR count). The van der Waals surface area contributed by atoms with Crippen molar-refractivity contribution in [3.63, 3.8) is 0 Å². The maximum Gasteiger partial charge on any atom is 0.191 e. The molecule has 114 valence electrons. The summed E-state index contributed by atoms with van der Waals surface area (Å²) >= 11 is 5.24. The molecule has 4 nitrogen and oxygen atoms in total. The molecule has 0 radical (unpaired) electrons. The highest BCUT2D eigenvalue weighted by atomic mass is 32.1. The number of methoxy groups -OCH3 is 1. The van der Waals surface area contributed by atoms with Crippen molar-refractivity contribution >= 4 is 29.2 Å². The number of benzene rings is 2. The van der Waals surface area contributed by atoms with Crippen molar-refractivity contribution in [1.29, 1.82) is 0 Å². The Hall–Kier alpha value is -2.40. The predicted molar refractivity (Wildman–Crippen MR) is 95.9 cm³/mol. The second kappa shape index (κ2) is 7.56. The van der Waals surface area contributed by atoms with E-state index in [0.717, 1.165) is 22.6 Å². The quantitative estimate of drug-likeness (QED) is 0.514. The fourth-order valence-corrected chi connectivity index (χ4v) is 2.20. The standard InChI is InChI=1S/C17H19N3OS/c1-12-8-9-15(13(2)10-12)19-17(22)20-18-11-14-6-4-5-7-16(14)21-3/h4-11H,1-3H3,(H2,19,20,22)/b18-11+. The zero-order valence-electron chi connectivity index (χ0n) is 12.9. The fraction of sp³-hybridized carbons (Fsp3) is 0.176. The lowest BCUT2D eigenvalue weighted by Crippen LogP contribution is -2.24. The van der Waals surface area contributed by atoms with Crippen molar-refractivity contribution in [2.24, 2.45) is 5.10 Å². The van der Waals surface area contributed by atoms with Crippen LogP contribution in [0.1, 0.15) is 16.7 Å². The summed E-state index contributed by atoms with van der Waals surface area (Å²) in [7, 11) is 1.63. The molecule has 0 bridgehead atoms. The monoisotopic (exact) mass is 313 g/mol. The zero-order chi connectivity index (χ0) is 15.9. The number of ether oxygens (including phenoxy) is 1. The topological polar surface area (TPSA) is 45.6 Å². The number of nitrogens with zero attached hydrogens (tertiary/aromatic N) is 1. The third-order valence-corrected chi connectivity index (χ3v) is 3.33. The van der Waals surface area contributed by atoms with Crippen LogP contribution in [-0.2, 0) is 0 Å². The first-order chi connectivity index (χ1) is 10.6. The maximum absolute atomic E-state index is 5.26. The van der Waals surface area contributed by atoms with Crippen LogP contribution in [0.4, 0.5) is 5.69 Å². The van der Waals surface area contributed by atoms with Crippen molar-refractivity contribution < 1.29 is 4.74 Å². The van der Waals surface area contributed by atoms with Crippen LogP contribution in [0.3, 0.4) is 0 Å². The molecule has 0 aromatic heterocycles. The van der Waals surface area contributed by atoms with E-state index in [1.54, 1.807) is 13.3 Å². The molecule has 0 atom stereocenters. The highest BCUT2D eigenvalue weighted by molar-refractivity contribution is 7.80. The summed E-state index contributed by atoms with van der Waals surface area (Å²) in [5.41, 5.74) is 7.01. The number of rotatable bonds is 4. The van der Waals surface area contributed by atoms with Crippen molar-refractivity contribution in [3.8, 4) is 5.75 Å². The molecule has 22 heavy (non-hydrogen) atoms. The van der Waals surface area contributed by atoms with E-state index < -0.39 is 0 Å². The van der Waals surface area contributed by atoms with Gasteiger partial charge in [-0.25, -0.2) is 0 Å². The van der Waals surface area contributed by atoms with Gasteiger partial charge in [-0.2, -0.15) is 5.10 Å². The van der Waals surface area contributed by atoms with Gasteiger partial charge >= 0.3 is 0 Å². The van der Waals surface area contributed by atoms with Gasteiger partial charge in [0, 0.05) is 11.3 Å². The normalized spacial score (nSPS) is 10.5. The van der Waals surface area contributed by atoms with Gasteiger partial charge in [-0.1, -0.05) is 29.8 Å². The molecule has 2 N–H and O–H groups in total. The van der Waals surface area contributed by atoms with Crippen molar-refractivity contribution in [2.75, 3.05) is 12.4 Å². The van der Waals surface area contributed by atoms with Crippen LogP contribution >= 0.6 is 12.2 Å². The summed E-state index contributed by atoms with van der Waals surface area (Å²) in [6, 6.07) is 13.8. The SMILES string of the molecule is COc1ccccc1/C=N/NC(=S)Nc1ccc(C)cc1C. The Balaban J connectivity index is 1.96. The van der Waals surface area contributed by atoms with Crippen LogP contribution < -0.4 is 15.5 Å². The van der Waals surface area contributed by atoms with E-state index in [4.69, 9.17) is 17.0 Å². The lowest BCUT2D eigenvalue weighted by atomic mass is 10.1. The van der Waals surface area contributed by atoms with E-state index in [1.807, 2.05) is 43.3 Å². The van der Waals surface area contributed by atoms with Gasteiger partial charge in [-0.3, -0.25) is 5.43 Å². The van der Waals surface area contributed by atoms with E-state index >= 15 is 0 Å². The highest BCUT2D eigenvalue weighted by Gasteiger charge is 2.01. The molecule has 0 unspecified atom stereocenters. The first-order valence-electron chi connectivity index (χ1n) is 6.90. The molecule has 0 amide bonds. The number of hydrogen-bond acceptors (Lipinski definition) is 3. The number of thiocarbonyl (C=S) groups is 1. The summed E-state index contributed by atoms with van der Waals surface area (Å²) in [5, 5.41) is 7.71. The predicted octanol–water partition coefficient (Wildman–Crippen LogP) is 3.63. The molecule has 2 aromatic rings. The van der Waals surface area contributed by atoms with Crippen LogP contribution in [0.25, 0.3) is 0 Å². The summed E-state index contributed by atoms with van der Waals surface area (Å²) in [4.78, 5) is 0.